The zero-order chi connectivity index (χ0) is 15.1. The molecule has 2 N–H and O–H groups in total. The Morgan fingerprint density at radius 3 is 2.60 bits per heavy atom. The summed E-state index contributed by atoms with van der Waals surface area (Å²) in [6.45, 7) is 0.473. The predicted molar refractivity (Wildman–Crippen MR) is 75.6 cm³/mol. The molecule has 0 saturated carbocycles. The van der Waals surface area contributed by atoms with Gasteiger partial charge < -0.3 is 20.1 Å². The molecule has 1 aromatic carbocycles. The summed E-state index contributed by atoms with van der Waals surface area (Å²) in [6.07, 6.45) is 0.847. The number of ether oxygens (including phenoxy) is 2. The third-order valence-electron chi connectivity index (χ3n) is 2.93. The highest BCUT2D eigenvalue weighted by atomic mass is 16.5. The van der Waals surface area contributed by atoms with E-state index in [1.54, 1.807) is 30.1 Å². The normalized spacial score (nSPS) is 9.95. The van der Waals surface area contributed by atoms with Crippen LogP contribution in [-0.2, 0) is 9.53 Å². The molecule has 0 aliphatic rings. The first-order chi connectivity index (χ1) is 9.49. The number of anilines is 1. The Kier molecular flexibility index (Phi) is 5.83. The molecule has 1 aromatic rings. The number of carbonyl (C=O) groups is 2. The van der Waals surface area contributed by atoms with Crippen molar-refractivity contribution in [2.45, 2.75) is 12.8 Å². The molecule has 0 aliphatic carbocycles. The highest BCUT2D eigenvalue weighted by Crippen LogP contribution is 2.22. The van der Waals surface area contributed by atoms with E-state index in [-0.39, 0.29) is 11.9 Å². The summed E-state index contributed by atoms with van der Waals surface area (Å²) in [6, 6.07) is 4.89. The monoisotopic (exact) mass is 280 g/mol. The fourth-order valence-corrected chi connectivity index (χ4v) is 1.73. The van der Waals surface area contributed by atoms with Crippen molar-refractivity contribution in [3.05, 3.63) is 23.8 Å². The minimum atomic E-state index is -0.278. The van der Waals surface area contributed by atoms with Crippen molar-refractivity contribution < 1.29 is 19.1 Å². The molecule has 1 rings (SSSR count). The Hall–Kier alpha value is -2.24. The van der Waals surface area contributed by atoms with Gasteiger partial charge in [0.05, 0.1) is 19.9 Å². The lowest BCUT2D eigenvalue weighted by molar-refractivity contribution is -0.140. The second kappa shape index (κ2) is 7.37. The smallest absolute Gasteiger partial charge is 0.305 e. The van der Waals surface area contributed by atoms with Crippen LogP contribution in [0, 0.1) is 0 Å². The predicted octanol–water partition coefficient (Wildman–Crippen LogP) is 1.30. The zero-order valence-corrected chi connectivity index (χ0v) is 12.0. The van der Waals surface area contributed by atoms with Crippen LogP contribution in [0.3, 0.4) is 0 Å². The Labute approximate surface area is 118 Å². The molecule has 0 spiro atoms. The highest BCUT2D eigenvalue weighted by molar-refractivity contribution is 5.95. The van der Waals surface area contributed by atoms with Gasteiger partial charge in [-0.2, -0.15) is 0 Å². The molecule has 0 bridgehead atoms. The molecule has 0 unspecified atom stereocenters. The van der Waals surface area contributed by atoms with Crippen molar-refractivity contribution in [1.82, 2.24) is 4.90 Å². The van der Waals surface area contributed by atoms with E-state index in [1.165, 1.54) is 14.2 Å². The maximum atomic E-state index is 12.2. The van der Waals surface area contributed by atoms with Gasteiger partial charge in [-0.15, -0.1) is 0 Å². The minimum absolute atomic E-state index is 0.145. The van der Waals surface area contributed by atoms with Crippen LogP contribution < -0.4 is 10.5 Å². The summed E-state index contributed by atoms with van der Waals surface area (Å²) in [5, 5.41) is 0. The number of hydrogen-bond donors (Lipinski definition) is 1. The van der Waals surface area contributed by atoms with Gasteiger partial charge in [0.25, 0.3) is 5.91 Å². The third kappa shape index (κ3) is 4.15. The van der Waals surface area contributed by atoms with E-state index in [0.717, 1.165) is 0 Å². The number of benzene rings is 1. The topological polar surface area (TPSA) is 81.9 Å². The van der Waals surface area contributed by atoms with Crippen LogP contribution in [0.15, 0.2) is 18.2 Å². The highest BCUT2D eigenvalue weighted by Gasteiger charge is 2.14. The standard InChI is InChI=1S/C14H20N2O4/c1-16(8-4-5-13(17)20-3)14(18)10-6-7-11(15)12(9-10)19-2/h6-7,9H,4-5,8,15H2,1-3H3. The van der Waals surface area contributed by atoms with E-state index in [9.17, 15) is 9.59 Å². The first kappa shape index (κ1) is 15.8. The van der Waals surface area contributed by atoms with Gasteiger partial charge in [-0.05, 0) is 24.6 Å². The van der Waals surface area contributed by atoms with Crippen molar-refractivity contribution in [3.8, 4) is 5.75 Å². The second-order valence-corrected chi connectivity index (χ2v) is 4.36. The molecule has 0 fully saturated rings. The van der Waals surface area contributed by atoms with E-state index in [0.29, 0.717) is 36.4 Å². The van der Waals surface area contributed by atoms with Gasteiger partial charge in [0.15, 0.2) is 0 Å². The van der Waals surface area contributed by atoms with Gasteiger partial charge >= 0.3 is 5.97 Å². The molecule has 0 saturated heterocycles. The average Bonchev–Trinajstić information content (AvgIpc) is 2.46. The third-order valence-corrected chi connectivity index (χ3v) is 2.93. The zero-order valence-electron chi connectivity index (χ0n) is 12.0. The van der Waals surface area contributed by atoms with Gasteiger partial charge in [0.1, 0.15) is 5.75 Å². The summed E-state index contributed by atoms with van der Waals surface area (Å²) in [5.74, 6) is 0.0481. The lowest BCUT2D eigenvalue weighted by Crippen LogP contribution is -2.28. The van der Waals surface area contributed by atoms with Crippen LogP contribution in [0.2, 0.25) is 0 Å². The van der Waals surface area contributed by atoms with Crippen LogP contribution in [0.1, 0.15) is 23.2 Å². The molecule has 6 heteroatoms. The lowest BCUT2D eigenvalue weighted by Gasteiger charge is -2.17. The number of hydrogen-bond acceptors (Lipinski definition) is 5. The molecule has 20 heavy (non-hydrogen) atoms. The maximum Gasteiger partial charge on any atom is 0.305 e. The first-order valence-corrected chi connectivity index (χ1v) is 6.25. The van der Waals surface area contributed by atoms with Gasteiger partial charge in [-0.25, -0.2) is 0 Å². The molecule has 0 aliphatic heterocycles. The Balaban J connectivity index is 2.62. The quantitative estimate of drug-likeness (QED) is 0.627. The van der Waals surface area contributed by atoms with E-state index in [2.05, 4.69) is 4.74 Å². The fraction of sp³-hybridized carbons (Fsp3) is 0.429. The Bertz CT molecular complexity index is 488. The number of nitrogens with two attached hydrogens (primary N) is 1. The van der Waals surface area contributed by atoms with Crippen molar-refractivity contribution >= 4 is 17.6 Å². The number of carbonyl (C=O) groups excluding carboxylic acids is 2. The van der Waals surface area contributed by atoms with Crippen molar-refractivity contribution in [2.75, 3.05) is 33.5 Å². The number of esters is 1. The summed E-state index contributed by atoms with van der Waals surface area (Å²) in [5.41, 5.74) is 6.68. The van der Waals surface area contributed by atoms with Crippen LogP contribution >= 0.6 is 0 Å². The van der Waals surface area contributed by atoms with Crippen LogP contribution in [0.4, 0.5) is 5.69 Å². The number of rotatable bonds is 6. The number of amides is 1. The summed E-state index contributed by atoms with van der Waals surface area (Å²) >= 11 is 0. The second-order valence-electron chi connectivity index (χ2n) is 4.36. The molecule has 0 aromatic heterocycles. The fourth-order valence-electron chi connectivity index (χ4n) is 1.73. The van der Waals surface area contributed by atoms with Crippen LogP contribution in [0.25, 0.3) is 0 Å². The van der Waals surface area contributed by atoms with Gasteiger partial charge in [0, 0.05) is 25.6 Å². The number of nitrogen functional groups attached to an aromatic ring is 1. The average molecular weight is 280 g/mol. The molecule has 1 amide bonds. The largest absolute Gasteiger partial charge is 0.495 e. The first-order valence-electron chi connectivity index (χ1n) is 6.25. The van der Waals surface area contributed by atoms with Gasteiger partial charge in [-0.3, -0.25) is 9.59 Å². The molecule has 0 radical (unpaired) electrons. The van der Waals surface area contributed by atoms with Gasteiger partial charge in [-0.1, -0.05) is 0 Å². The van der Waals surface area contributed by atoms with Crippen LogP contribution in [-0.4, -0.2) is 44.6 Å². The molecule has 0 heterocycles. The van der Waals surface area contributed by atoms with E-state index in [1.807, 2.05) is 0 Å². The van der Waals surface area contributed by atoms with Gasteiger partial charge in [0.2, 0.25) is 0 Å². The molecular weight excluding hydrogens is 260 g/mol. The van der Waals surface area contributed by atoms with Crippen molar-refractivity contribution in [2.24, 2.45) is 0 Å². The molecule has 110 valence electrons. The van der Waals surface area contributed by atoms with Crippen molar-refractivity contribution in [3.63, 3.8) is 0 Å². The number of methoxy groups -OCH3 is 2. The van der Waals surface area contributed by atoms with E-state index < -0.39 is 0 Å². The SMILES string of the molecule is COC(=O)CCCN(C)C(=O)c1ccc(N)c(OC)c1. The molecule has 6 nitrogen and oxygen atoms in total. The Morgan fingerprint density at radius 1 is 1.30 bits per heavy atom. The van der Waals surface area contributed by atoms with E-state index >= 15 is 0 Å². The minimum Gasteiger partial charge on any atom is -0.495 e. The summed E-state index contributed by atoms with van der Waals surface area (Å²) in [4.78, 5) is 24.7. The maximum absolute atomic E-state index is 12.2. The molecular formula is C14H20N2O4. The van der Waals surface area contributed by atoms with Crippen LogP contribution in [0.5, 0.6) is 5.75 Å². The lowest BCUT2D eigenvalue weighted by atomic mass is 10.1. The Morgan fingerprint density at radius 2 is 2.00 bits per heavy atom. The van der Waals surface area contributed by atoms with E-state index in [4.69, 9.17) is 10.5 Å². The number of nitrogens with zero attached hydrogens (tertiary/aromatic N) is 1. The van der Waals surface area contributed by atoms with Crippen molar-refractivity contribution in [1.29, 1.82) is 0 Å². The summed E-state index contributed by atoms with van der Waals surface area (Å²) in [7, 11) is 4.53. The summed E-state index contributed by atoms with van der Waals surface area (Å²) < 4.78 is 9.63. The molecule has 0 atom stereocenters.